The van der Waals surface area contributed by atoms with Crippen LogP contribution in [0.1, 0.15) is 18.9 Å². The maximum absolute atomic E-state index is 14.6. The van der Waals surface area contributed by atoms with Crippen molar-refractivity contribution in [2.24, 2.45) is 0 Å². The Morgan fingerprint density at radius 3 is 2.73 bits per heavy atom. The number of rotatable bonds is 5. The number of hydrogen-bond donors (Lipinski definition) is 1. The maximum Gasteiger partial charge on any atom is 0.192 e. The SMILES string of the molecule is CC(Oc1cnc(-c2ccc(F)c(Cl)c2F)c2ncnc(N)c12)c1ncn(SF)n1. The zero-order valence-electron chi connectivity index (χ0n) is 15.1. The molecule has 0 aliphatic rings. The van der Waals surface area contributed by atoms with E-state index in [1.165, 1.54) is 24.9 Å². The molecule has 0 saturated heterocycles. The van der Waals surface area contributed by atoms with E-state index in [9.17, 15) is 12.7 Å². The Hall–Kier alpha value is -3.12. The number of halogens is 4. The average molecular weight is 454 g/mol. The van der Waals surface area contributed by atoms with Gasteiger partial charge in [0.05, 0.1) is 17.3 Å². The van der Waals surface area contributed by atoms with Gasteiger partial charge >= 0.3 is 0 Å². The van der Waals surface area contributed by atoms with Gasteiger partial charge in [-0.25, -0.2) is 28.7 Å². The molecule has 3 heterocycles. The minimum absolute atomic E-state index is 0.0530. The number of ether oxygens (including phenoxy) is 1. The van der Waals surface area contributed by atoms with Crippen molar-refractivity contribution in [2.45, 2.75) is 13.0 Å². The highest BCUT2D eigenvalue weighted by molar-refractivity contribution is 7.92. The fraction of sp³-hybridized carbons (Fsp3) is 0.118. The van der Waals surface area contributed by atoms with Crippen LogP contribution in [0.25, 0.3) is 22.2 Å². The maximum atomic E-state index is 14.6. The number of fused-ring (bicyclic) bond motifs is 1. The quantitative estimate of drug-likeness (QED) is 0.445. The smallest absolute Gasteiger partial charge is 0.192 e. The Labute approximate surface area is 176 Å². The Kier molecular flexibility index (Phi) is 5.35. The molecular formula is C17H11ClF3N7OS. The molecule has 0 radical (unpaired) electrons. The van der Waals surface area contributed by atoms with Crippen LogP contribution in [0.15, 0.2) is 31.0 Å². The number of nitrogens with two attached hydrogens (primary N) is 1. The summed E-state index contributed by atoms with van der Waals surface area (Å²) in [5.41, 5.74) is 6.20. The van der Waals surface area contributed by atoms with E-state index in [1.54, 1.807) is 6.92 Å². The number of nitrogen functional groups attached to an aromatic ring is 1. The Morgan fingerprint density at radius 2 is 2.00 bits per heavy atom. The number of anilines is 1. The third-order valence-corrected chi connectivity index (χ3v) is 4.84. The zero-order valence-corrected chi connectivity index (χ0v) is 16.6. The van der Waals surface area contributed by atoms with Gasteiger partial charge in [0.2, 0.25) is 0 Å². The van der Waals surface area contributed by atoms with Gasteiger partial charge in [-0.2, -0.15) is 4.09 Å². The molecule has 0 fully saturated rings. The molecule has 8 nitrogen and oxygen atoms in total. The van der Waals surface area contributed by atoms with E-state index in [-0.39, 0.29) is 51.9 Å². The number of hydrogen-bond acceptors (Lipinski definition) is 8. The molecule has 0 aliphatic carbocycles. The van der Waals surface area contributed by atoms with Crippen molar-refractivity contribution in [3.63, 3.8) is 0 Å². The van der Waals surface area contributed by atoms with Gasteiger partial charge in [-0.3, -0.25) is 0 Å². The first-order chi connectivity index (χ1) is 14.4. The van der Waals surface area contributed by atoms with Crippen LogP contribution in [0.3, 0.4) is 0 Å². The van der Waals surface area contributed by atoms with Gasteiger partial charge in [-0.1, -0.05) is 11.6 Å². The van der Waals surface area contributed by atoms with Crippen molar-refractivity contribution < 1.29 is 17.4 Å². The third-order valence-electron chi connectivity index (χ3n) is 4.18. The highest BCUT2D eigenvalue weighted by Crippen LogP contribution is 2.37. The Bertz CT molecular complexity index is 1260. The predicted molar refractivity (Wildman–Crippen MR) is 105 cm³/mol. The van der Waals surface area contributed by atoms with Gasteiger partial charge in [0.1, 0.15) is 34.8 Å². The lowest BCUT2D eigenvalue weighted by atomic mass is 10.1. The van der Waals surface area contributed by atoms with Gasteiger partial charge in [0.15, 0.2) is 35.8 Å². The summed E-state index contributed by atoms with van der Waals surface area (Å²) in [6, 6.07) is 2.22. The van der Waals surface area contributed by atoms with Gasteiger partial charge in [-0.05, 0) is 19.1 Å². The normalized spacial score (nSPS) is 12.3. The molecule has 0 bridgehead atoms. The zero-order chi connectivity index (χ0) is 21.4. The van der Waals surface area contributed by atoms with E-state index in [4.69, 9.17) is 22.1 Å². The molecule has 0 spiro atoms. The van der Waals surface area contributed by atoms with Crippen LogP contribution < -0.4 is 10.5 Å². The summed E-state index contributed by atoms with van der Waals surface area (Å²) in [6.45, 7) is 1.64. The number of benzene rings is 1. The minimum atomic E-state index is -0.983. The molecule has 1 unspecified atom stereocenters. The highest BCUT2D eigenvalue weighted by Gasteiger charge is 2.22. The molecule has 1 atom stereocenters. The molecule has 3 aromatic heterocycles. The summed E-state index contributed by atoms with van der Waals surface area (Å²) < 4.78 is 47.5. The number of nitrogens with zero attached hydrogens (tertiary/aromatic N) is 6. The number of pyridine rings is 1. The summed E-state index contributed by atoms with van der Waals surface area (Å²) in [6.07, 6.45) is 2.97. The van der Waals surface area contributed by atoms with Crippen LogP contribution in [-0.2, 0) is 0 Å². The van der Waals surface area contributed by atoms with Crippen LogP contribution in [-0.4, -0.2) is 29.1 Å². The van der Waals surface area contributed by atoms with Crippen LogP contribution in [0.2, 0.25) is 5.02 Å². The molecule has 13 heteroatoms. The van der Waals surface area contributed by atoms with Crippen molar-refractivity contribution in [2.75, 3.05) is 5.73 Å². The average Bonchev–Trinajstić information content (AvgIpc) is 3.22. The van der Waals surface area contributed by atoms with E-state index >= 15 is 0 Å². The molecular weight excluding hydrogens is 443 g/mol. The Balaban J connectivity index is 1.82. The second-order valence-corrected chi connectivity index (χ2v) is 6.90. The lowest BCUT2D eigenvalue weighted by Crippen LogP contribution is -2.08. The fourth-order valence-corrected chi connectivity index (χ4v) is 3.15. The molecule has 154 valence electrons. The molecule has 1 aromatic carbocycles. The molecule has 0 aliphatic heterocycles. The van der Waals surface area contributed by atoms with Crippen molar-refractivity contribution in [1.82, 2.24) is 29.1 Å². The van der Waals surface area contributed by atoms with E-state index in [1.807, 2.05) is 0 Å². The molecule has 0 amide bonds. The standard InChI is InChI=1S/C17H11ClF3N7OS/c1-7(17-26-6-28(27-17)30-21)29-10-4-23-14(15-11(10)16(22)25-5-24-15)8-2-3-9(19)12(18)13(8)20/h2-7H,1H3,(H2,22,24,25). The largest absolute Gasteiger partial charge is 0.480 e. The van der Waals surface area contributed by atoms with Gasteiger partial charge in [0, 0.05) is 5.56 Å². The molecule has 0 saturated carbocycles. The third kappa shape index (κ3) is 3.48. The van der Waals surface area contributed by atoms with Crippen LogP contribution in [0.4, 0.5) is 18.5 Å². The summed E-state index contributed by atoms with van der Waals surface area (Å²) in [4.78, 5) is 16.3. The van der Waals surface area contributed by atoms with Crippen molar-refractivity contribution in [1.29, 1.82) is 0 Å². The first-order valence-electron chi connectivity index (χ1n) is 8.31. The van der Waals surface area contributed by atoms with E-state index in [2.05, 4.69) is 25.0 Å². The second-order valence-electron chi connectivity index (χ2n) is 6.01. The monoisotopic (exact) mass is 453 g/mol. The Morgan fingerprint density at radius 1 is 1.20 bits per heavy atom. The van der Waals surface area contributed by atoms with E-state index < -0.39 is 22.8 Å². The molecule has 4 aromatic rings. The summed E-state index contributed by atoms with van der Waals surface area (Å²) in [5, 5.41) is 3.50. The van der Waals surface area contributed by atoms with Gasteiger partial charge in [-0.15, -0.1) is 8.98 Å². The second kappa shape index (κ2) is 7.95. The molecule has 2 N–H and O–H groups in total. The van der Waals surface area contributed by atoms with Crippen LogP contribution in [0, 0.1) is 11.6 Å². The highest BCUT2D eigenvalue weighted by atomic mass is 35.5. The van der Waals surface area contributed by atoms with Crippen LogP contribution in [0.5, 0.6) is 5.75 Å². The topological polar surface area (TPSA) is 105 Å². The van der Waals surface area contributed by atoms with Crippen molar-refractivity contribution in [3.8, 4) is 17.0 Å². The molecule has 30 heavy (non-hydrogen) atoms. The lowest BCUT2D eigenvalue weighted by molar-refractivity contribution is 0.219. The van der Waals surface area contributed by atoms with Crippen molar-refractivity contribution >= 4 is 40.7 Å². The van der Waals surface area contributed by atoms with Crippen molar-refractivity contribution in [3.05, 3.63) is 53.5 Å². The van der Waals surface area contributed by atoms with Gasteiger partial charge in [0.25, 0.3) is 0 Å². The lowest BCUT2D eigenvalue weighted by Gasteiger charge is -2.16. The van der Waals surface area contributed by atoms with Crippen LogP contribution >= 0.6 is 23.9 Å². The minimum Gasteiger partial charge on any atom is -0.480 e. The summed E-state index contributed by atoms with van der Waals surface area (Å²) >= 11 is 5.58. The first-order valence-corrected chi connectivity index (χ1v) is 9.36. The van der Waals surface area contributed by atoms with E-state index in [0.717, 1.165) is 10.2 Å². The first kappa shape index (κ1) is 20.2. The summed E-state index contributed by atoms with van der Waals surface area (Å²) in [7, 11) is 0. The fourth-order valence-electron chi connectivity index (χ4n) is 2.79. The summed E-state index contributed by atoms with van der Waals surface area (Å²) in [5.74, 6) is -1.44. The van der Waals surface area contributed by atoms with E-state index in [0.29, 0.717) is 0 Å². The predicted octanol–water partition coefficient (Wildman–Crippen LogP) is 4.32. The number of aromatic nitrogens is 6. The molecule has 4 rings (SSSR count). The van der Waals surface area contributed by atoms with Gasteiger partial charge < -0.3 is 10.5 Å².